The van der Waals surface area contributed by atoms with E-state index >= 15 is 0 Å². The van der Waals surface area contributed by atoms with Crippen LogP contribution in [0.15, 0.2) is 30.5 Å². The van der Waals surface area contributed by atoms with Crippen molar-refractivity contribution in [3.05, 3.63) is 41.3 Å². The molecule has 1 aliphatic rings. The lowest BCUT2D eigenvalue weighted by Gasteiger charge is -2.38. The van der Waals surface area contributed by atoms with Gasteiger partial charge >= 0.3 is 6.18 Å². The van der Waals surface area contributed by atoms with E-state index in [1.807, 2.05) is 0 Å². The number of aromatic nitrogens is 4. The molecule has 0 radical (unpaired) electrons. The molecule has 2 aromatic heterocycles. The maximum atomic E-state index is 13.0. The van der Waals surface area contributed by atoms with Crippen molar-refractivity contribution in [3.63, 3.8) is 0 Å². The third-order valence-corrected chi connectivity index (χ3v) is 6.23. The second kappa shape index (κ2) is 6.31. The zero-order valence-corrected chi connectivity index (χ0v) is 15.9. The van der Waals surface area contributed by atoms with Gasteiger partial charge in [0.1, 0.15) is 5.82 Å². The van der Waals surface area contributed by atoms with E-state index in [0.29, 0.717) is 11.2 Å². The largest absolute Gasteiger partial charge is 0.416 e. The van der Waals surface area contributed by atoms with Gasteiger partial charge in [0.2, 0.25) is 5.28 Å². The summed E-state index contributed by atoms with van der Waals surface area (Å²) in [6.45, 7) is 0.492. The zero-order chi connectivity index (χ0) is 20.3. The summed E-state index contributed by atoms with van der Waals surface area (Å²) in [6, 6.07) is 4.68. The Hall–Kier alpha value is -2.40. The lowest BCUT2D eigenvalue weighted by atomic mass is 10.2. The molecule has 0 unspecified atom stereocenters. The maximum absolute atomic E-state index is 13.0. The molecule has 28 heavy (non-hydrogen) atoms. The van der Waals surface area contributed by atoms with E-state index in [2.05, 4.69) is 15.1 Å². The molecule has 3 aromatic rings. The SMILES string of the molecule is CS(=O)(=O)C1CN(c2nc(Cl)nc3c2cnn3-c2cccc(C(F)(F)F)c2)C1. The average Bonchev–Trinajstić information content (AvgIpc) is 2.95. The van der Waals surface area contributed by atoms with Crippen LogP contribution in [-0.4, -0.2) is 52.8 Å². The minimum atomic E-state index is -4.49. The van der Waals surface area contributed by atoms with Gasteiger partial charge in [0, 0.05) is 19.3 Å². The number of anilines is 1. The molecule has 1 saturated heterocycles. The van der Waals surface area contributed by atoms with E-state index in [1.165, 1.54) is 29.3 Å². The van der Waals surface area contributed by atoms with Gasteiger partial charge < -0.3 is 4.90 Å². The first-order valence-electron chi connectivity index (χ1n) is 8.07. The zero-order valence-electron chi connectivity index (χ0n) is 14.4. The molecule has 0 atom stereocenters. The summed E-state index contributed by atoms with van der Waals surface area (Å²) in [7, 11) is -3.17. The average molecular weight is 432 g/mol. The van der Waals surface area contributed by atoms with E-state index in [-0.39, 0.29) is 29.7 Å². The van der Waals surface area contributed by atoms with Crippen LogP contribution < -0.4 is 4.90 Å². The first-order valence-corrected chi connectivity index (χ1v) is 10.4. The molecule has 3 heterocycles. The van der Waals surface area contributed by atoms with Gasteiger partial charge in [0.15, 0.2) is 15.5 Å². The molecule has 0 aliphatic carbocycles. The molecule has 1 fully saturated rings. The summed E-state index contributed by atoms with van der Waals surface area (Å²) in [5.74, 6) is 0.396. The van der Waals surface area contributed by atoms with Crippen molar-refractivity contribution >= 4 is 38.3 Å². The third-order valence-electron chi connectivity index (χ3n) is 4.55. The van der Waals surface area contributed by atoms with Crippen LogP contribution in [0, 0.1) is 0 Å². The molecule has 0 bridgehead atoms. The highest BCUT2D eigenvalue weighted by molar-refractivity contribution is 7.91. The molecule has 12 heteroatoms. The molecule has 0 saturated carbocycles. The van der Waals surface area contributed by atoms with E-state index in [4.69, 9.17) is 11.6 Å². The van der Waals surface area contributed by atoms with Crippen LogP contribution in [0.5, 0.6) is 0 Å². The highest BCUT2D eigenvalue weighted by Crippen LogP contribution is 2.33. The first kappa shape index (κ1) is 18.9. The van der Waals surface area contributed by atoms with Crippen molar-refractivity contribution in [2.75, 3.05) is 24.2 Å². The fraction of sp³-hybridized carbons (Fsp3) is 0.312. The lowest BCUT2D eigenvalue weighted by molar-refractivity contribution is -0.137. The third kappa shape index (κ3) is 3.28. The van der Waals surface area contributed by atoms with E-state index in [1.54, 1.807) is 4.90 Å². The summed E-state index contributed by atoms with van der Waals surface area (Å²) in [5, 5.41) is 3.99. The molecular formula is C16H13ClF3N5O2S. The van der Waals surface area contributed by atoms with Crippen LogP contribution in [0.2, 0.25) is 5.28 Å². The fourth-order valence-electron chi connectivity index (χ4n) is 2.99. The Labute approximate surface area is 162 Å². The molecular weight excluding hydrogens is 419 g/mol. The topological polar surface area (TPSA) is 81.0 Å². The Balaban J connectivity index is 1.77. The van der Waals surface area contributed by atoms with E-state index < -0.39 is 26.8 Å². The Kier molecular flexibility index (Phi) is 4.27. The van der Waals surface area contributed by atoms with Crippen LogP contribution in [0.4, 0.5) is 19.0 Å². The number of hydrogen-bond acceptors (Lipinski definition) is 6. The normalized spacial score (nSPS) is 15.8. The fourth-order valence-corrected chi connectivity index (χ4v) is 4.05. The summed E-state index contributed by atoms with van der Waals surface area (Å²) >= 11 is 6.01. The second-order valence-corrected chi connectivity index (χ2v) is 9.18. The number of fused-ring (bicyclic) bond motifs is 1. The highest BCUT2D eigenvalue weighted by atomic mass is 35.5. The van der Waals surface area contributed by atoms with E-state index in [9.17, 15) is 21.6 Å². The predicted octanol–water partition coefficient (Wildman–Crippen LogP) is 2.72. The van der Waals surface area contributed by atoms with Crippen molar-refractivity contribution in [1.29, 1.82) is 0 Å². The van der Waals surface area contributed by atoms with E-state index in [0.717, 1.165) is 12.1 Å². The smallest absolute Gasteiger partial charge is 0.353 e. The number of nitrogens with zero attached hydrogens (tertiary/aromatic N) is 5. The van der Waals surface area contributed by atoms with Gasteiger partial charge in [-0.05, 0) is 29.8 Å². The Morgan fingerprint density at radius 3 is 2.57 bits per heavy atom. The van der Waals surface area contributed by atoms with Gasteiger partial charge in [-0.2, -0.15) is 28.2 Å². The summed E-state index contributed by atoms with van der Waals surface area (Å²) in [4.78, 5) is 9.98. The minimum Gasteiger partial charge on any atom is -0.353 e. The molecule has 1 aliphatic heterocycles. The van der Waals surface area contributed by atoms with Gasteiger partial charge in [-0.1, -0.05) is 6.07 Å². The van der Waals surface area contributed by atoms with Gasteiger partial charge in [0.25, 0.3) is 0 Å². The summed E-state index contributed by atoms with van der Waals surface area (Å²) in [6.07, 6.45) is -1.90. The van der Waals surface area contributed by atoms with Crippen molar-refractivity contribution < 1.29 is 21.6 Å². The van der Waals surface area contributed by atoms with Crippen LogP contribution in [0.25, 0.3) is 16.7 Å². The number of sulfone groups is 1. The molecule has 1 aromatic carbocycles. The summed E-state index contributed by atoms with van der Waals surface area (Å²) < 4.78 is 63.5. The number of benzene rings is 1. The van der Waals surface area contributed by atoms with Crippen LogP contribution in [0.3, 0.4) is 0 Å². The monoisotopic (exact) mass is 431 g/mol. The van der Waals surface area contributed by atoms with Crippen LogP contribution in [-0.2, 0) is 16.0 Å². The number of hydrogen-bond donors (Lipinski definition) is 0. The number of halogens is 4. The molecule has 0 amide bonds. The van der Waals surface area contributed by atoms with Crippen LogP contribution >= 0.6 is 11.6 Å². The number of rotatable bonds is 3. The Morgan fingerprint density at radius 2 is 1.93 bits per heavy atom. The predicted molar refractivity (Wildman–Crippen MR) is 97.5 cm³/mol. The molecule has 7 nitrogen and oxygen atoms in total. The minimum absolute atomic E-state index is 0.112. The van der Waals surface area contributed by atoms with Crippen molar-refractivity contribution in [2.24, 2.45) is 0 Å². The molecule has 148 valence electrons. The van der Waals surface area contributed by atoms with Crippen molar-refractivity contribution in [2.45, 2.75) is 11.4 Å². The molecule has 4 rings (SSSR count). The van der Waals surface area contributed by atoms with Gasteiger partial charge in [-0.25, -0.2) is 13.1 Å². The Bertz CT molecular complexity index is 1170. The quantitative estimate of drug-likeness (QED) is 0.593. The van der Waals surface area contributed by atoms with Crippen molar-refractivity contribution in [3.8, 4) is 5.69 Å². The molecule has 0 N–H and O–H groups in total. The van der Waals surface area contributed by atoms with Crippen molar-refractivity contribution in [1.82, 2.24) is 19.7 Å². The summed E-state index contributed by atoms with van der Waals surface area (Å²) in [5.41, 5.74) is -0.409. The standard InChI is InChI=1S/C16H13ClF3N5O2S/c1-28(26,27)11-7-24(8-11)13-12-6-21-25(14(12)23-15(17)22-13)10-4-2-3-9(5-10)16(18,19)20/h2-6,11H,7-8H2,1H3. The lowest BCUT2D eigenvalue weighted by Crippen LogP contribution is -2.54. The van der Waals surface area contributed by atoms with Gasteiger partial charge in [-0.15, -0.1) is 0 Å². The van der Waals surface area contributed by atoms with Gasteiger partial charge in [-0.3, -0.25) is 0 Å². The molecule has 0 spiro atoms. The highest BCUT2D eigenvalue weighted by Gasteiger charge is 2.37. The Morgan fingerprint density at radius 1 is 1.21 bits per heavy atom. The second-order valence-electron chi connectivity index (χ2n) is 6.51. The number of alkyl halides is 3. The van der Waals surface area contributed by atoms with Gasteiger partial charge in [0.05, 0.1) is 28.1 Å². The first-order chi connectivity index (χ1) is 13.0. The van der Waals surface area contributed by atoms with Crippen LogP contribution in [0.1, 0.15) is 5.56 Å². The maximum Gasteiger partial charge on any atom is 0.416 e.